The minimum Gasteiger partial charge on any atom is -0.494 e. The molecule has 0 saturated heterocycles. The number of methoxy groups -OCH3 is 1. The van der Waals surface area contributed by atoms with E-state index in [4.69, 9.17) is 9.47 Å². The summed E-state index contributed by atoms with van der Waals surface area (Å²) in [5.74, 6) is -0.130. The van der Waals surface area contributed by atoms with E-state index in [0.717, 1.165) is 40.8 Å². The summed E-state index contributed by atoms with van der Waals surface area (Å²) >= 11 is 0. The quantitative estimate of drug-likeness (QED) is 0.419. The lowest BCUT2D eigenvalue weighted by molar-refractivity contribution is 0.0696. The molecule has 7 heteroatoms. The number of carboxylic acids is 1. The van der Waals surface area contributed by atoms with E-state index in [2.05, 4.69) is 11.4 Å². The number of fused-ring (bicyclic) bond motifs is 1. The average molecular weight is 486 g/mol. The highest BCUT2D eigenvalue weighted by molar-refractivity contribution is 5.89. The van der Waals surface area contributed by atoms with E-state index in [9.17, 15) is 14.3 Å². The molecule has 4 rings (SSSR count). The lowest BCUT2D eigenvalue weighted by Gasteiger charge is -2.33. The second-order valence-electron chi connectivity index (χ2n) is 8.31. The van der Waals surface area contributed by atoms with Crippen molar-refractivity contribution in [2.45, 2.75) is 31.8 Å². The summed E-state index contributed by atoms with van der Waals surface area (Å²) in [5.41, 5.74) is 4.23. The van der Waals surface area contributed by atoms with Crippen LogP contribution in [0.5, 0.6) is 11.5 Å². The van der Waals surface area contributed by atoms with Crippen molar-refractivity contribution in [3.63, 3.8) is 0 Å². The number of ether oxygens (including phenoxy) is 2. The Morgan fingerprint density at radius 3 is 2.68 bits per heavy atom. The van der Waals surface area contributed by atoms with Gasteiger partial charge < -0.3 is 19.9 Å². The fraction of sp³-hybridized carbons (Fsp3) is 0.296. The minimum atomic E-state index is -0.912. The number of hydrogen-bond acceptors (Lipinski definition) is 4. The summed E-state index contributed by atoms with van der Waals surface area (Å²) in [6, 6.07) is 18.3. The van der Waals surface area contributed by atoms with Gasteiger partial charge in [-0.25, -0.2) is 9.18 Å². The van der Waals surface area contributed by atoms with Crippen LogP contribution in [0, 0.1) is 12.7 Å². The number of rotatable bonds is 8. The summed E-state index contributed by atoms with van der Waals surface area (Å²) in [6.45, 7) is 3.25. The van der Waals surface area contributed by atoms with Gasteiger partial charge in [-0.3, -0.25) is 0 Å². The number of carbonyl (C=O) groups is 1. The first-order valence-corrected chi connectivity index (χ1v) is 11.1. The molecule has 0 amide bonds. The summed E-state index contributed by atoms with van der Waals surface area (Å²) in [7, 11) is 1.46. The number of benzene rings is 3. The van der Waals surface area contributed by atoms with Gasteiger partial charge in [-0.2, -0.15) is 0 Å². The molecule has 2 atom stereocenters. The van der Waals surface area contributed by atoms with Crippen molar-refractivity contribution in [2.75, 3.05) is 20.2 Å². The van der Waals surface area contributed by atoms with Gasteiger partial charge in [0.25, 0.3) is 0 Å². The molecule has 180 valence electrons. The van der Waals surface area contributed by atoms with Crippen molar-refractivity contribution in [1.29, 1.82) is 0 Å². The maximum absolute atomic E-state index is 13.6. The third-order valence-electron chi connectivity index (χ3n) is 6.25. The predicted molar refractivity (Wildman–Crippen MR) is 132 cm³/mol. The van der Waals surface area contributed by atoms with Crippen LogP contribution < -0.4 is 14.8 Å². The molecule has 2 N–H and O–H groups in total. The molecule has 34 heavy (non-hydrogen) atoms. The Hall–Kier alpha value is -3.09. The first kappa shape index (κ1) is 25.5. The highest BCUT2D eigenvalue weighted by Gasteiger charge is 2.30. The van der Waals surface area contributed by atoms with Gasteiger partial charge in [-0.05, 0) is 67.3 Å². The minimum absolute atomic E-state index is 0. The number of para-hydroxylation sites is 1. The highest BCUT2D eigenvalue weighted by atomic mass is 35.5. The Balaban J connectivity index is 0.00000324. The lowest BCUT2D eigenvalue weighted by Crippen LogP contribution is -2.36. The zero-order chi connectivity index (χ0) is 23.4. The predicted octanol–water partition coefficient (Wildman–Crippen LogP) is 5.38. The molecule has 3 aromatic carbocycles. The summed E-state index contributed by atoms with van der Waals surface area (Å²) in [5, 5.41) is 13.0. The fourth-order valence-electron chi connectivity index (χ4n) is 4.53. The smallest absolute Gasteiger partial charge is 0.335 e. The molecule has 0 aliphatic carbocycles. The van der Waals surface area contributed by atoms with E-state index in [1.165, 1.54) is 13.2 Å². The van der Waals surface area contributed by atoms with Crippen molar-refractivity contribution < 1.29 is 23.8 Å². The number of halogens is 2. The van der Waals surface area contributed by atoms with Crippen molar-refractivity contribution in [3.8, 4) is 11.5 Å². The first-order chi connectivity index (χ1) is 16.0. The normalized spacial score (nSPS) is 16.7. The van der Waals surface area contributed by atoms with E-state index in [1.807, 2.05) is 37.3 Å². The van der Waals surface area contributed by atoms with Crippen LogP contribution in [0.1, 0.15) is 45.0 Å². The molecule has 1 aliphatic heterocycles. The van der Waals surface area contributed by atoms with Crippen molar-refractivity contribution in [3.05, 3.63) is 94.3 Å². The van der Waals surface area contributed by atoms with Gasteiger partial charge in [0.15, 0.2) is 11.6 Å². The Bertz CT molecular complexity index is 1150. The van der Waals surface area contributed by atoms with Crippen LogP contribution in [0.25, 0.3) is 0 Å². The van der Waals surface area contributed by atoms with Gasteiger partial charge in [-0.15, -0.1) is 12.4 Å². The van der Waals surface area contributed by atoms with Gasteiger partial charge in [0, 0.05) is 18.0 Å². The van der Waals surface area contributed by atoms with Crippen molar-refractivity contribution in [2.24, 2.45) is 0 Å². The first-order valence-electron chi connectivity index (χ1n) is 11.1. The van der Waals surface area contributed by atoms with Gasteiger partial charge in [0.05, 0.1) is 12.7 Å². The van der Waals surface area contributed by atoms with Crippen LogP contribution >= 0.6 is 12.4 Å². The molecule has 1 aliphatic rings. The maximum atomic E-state index is 13.6. The molecular formula is C27H29ClFNO4. The molecule has 0 radical (unpaired) electrons. The Morgan fingerprint density at radius 1 is 1.15 bits per heavy atom. The molecule has 0 bridgehead atoms. The van der Waals surface area contributed by atoms with E-state index in [1.54, 1.807) is 18.2 Å². The molecule has 0 aromatic heterocycles. The maximum Gasteiger partial charge on any atom is 0.335 e. The number of hydrogen-bond donors (Lipinski definition) is 2. The number of nitrogens with one attached hydrogen (secondary N) is 1. The molecule has 0 saturated carbocycles. The lowest BCUT2D eigenvalue weighted by atomic mass is 9.81. The van der Waals surface area contributed by atoms with Crippen LogP contribution in [-0.2, 0) is 6.42 Å². The third kappa shape index (κ3) is 5.51. The van der Waals surface area contributed by atoms with Crippen molar-refractivity contribution >= 4 is 18.4 Å². The Kier molecular flexibility index (Phi) is 8.53. The third-order valence-corrected chi connectivity index (χ3v) is 6.25. The van der Waals surface area contributed by atoms with Crippen molar-refractivity contribution in [1.82, 2.24) is 5.32 Å². The largest absolute Gasteiger partial charge is 0.494 e. The molecule has 1 heterocycles. The number of aromatic carboxylic acids is 1. The number of carboxylic acid groups (broad SMARTS) is 1. The zero-order valence-corrected chi connectivity index (χ0v) is 20.0. The van der Waals surface area contributed by atoms with Gasteiger partial charge in [0.1, 0.15) is 11.9 Å². The summed E-state index contributed by atoms with van der Waals surface area (Å²) in [4.78, 5) is 11.7. The zero-order valence-electron chi connectivity index (χ0n) is 19.2. The van der Waals surface area contributed by atoms with Crippen LogP contribution in [-0.4, -0.2) is 37.4 Å². The second-order valence-corrected chi connectivity index (χ2v) is 8.31. The van der Waals surface area contributed by atoms with E-state index >= 15 is 0 Å². The molecule has 5 nitrogen and oxygen atoms in total. The summed E-state index contributed by atoms with van der Waals surface area (Å²) < 4.78 is 24.9. The summed E-state index contributed by atoms with van der Waals surface area (Å²) in [6.07, 6.45) is 1.43. The fourth-order valence-corrected chi connectivity index (χ4v) is 4.53. The van der Waals surface area contributed by atoms with E-state index < -0.39 is 5.97 Å². The monoisotopic (exact) mass is 485 g/mol. The van der Waals surface area contributed by atoms with Crippen LogP contribution in [0.15, 0.2) is 60.7 Å². The Labute approximate surface area is 205 Å². The SMILES string of the molecule is COc1cc(CCNCC2CC(c3cccc(C(=O)O)c3C)c3ccccc3O2)ccc1F.Cl. The van der Waals surface area contributed by atoms with E-state index in [0.29, 0.717) is 18.7 Å². The average Bonchev–Trinajstić information content (AvgIpc) is 2.82. The van der Waals surface area contributed by atoms with Crippen LogP contribution in [0.4, 0.5) is 4.39 Å². The molecular weight excluding hydrogens is 457 g/mol. The highest BCUT2D eigenvalue weighted by Crippen LogP contribution is 2.41. The standard InChI is InChI=1S/C27H28FNO4.ClH/c1-17-20(7-5-8-21(17)27(30)31)23-15-19(33-25-9-4-3-6-22(23)25)16-29-13-12-18-10-11-24(28)26(14-18)32-2;/h3-11,14,19,23,29H,12-13,15-16H2,1-2H3,(H,30,31);1H. The molecule has 3 aromatic rings. The molecule has 0 spiro atoms. The topological polar surface area (TPSA) is 67.8 Å². The van der Waals surface area contributed by atoms with Crippen LogP contribution in [0.3, 0.4) is 0 Å². The van der Waals surface area contributed by atoms with Gasteiger partial charge >= 0.3 is 5.97 Å². The van der Waals surface area contributed by atoms with E-state index in [-0.39, 0.29) is 36.0 Å². The molecule has 0 fully saturated rings. The second kappa shape index (κ2) is 11.4. The Morgan fingerprint density at radius 2 is 1.91 bits per heavy atom. The van der Waals surface area contributed by atoms with Gasteiger partial charge in [0.2, 0.25) is 0 Å². The van der Waals surface area contributed by atoms with Gasteiger partial charge in [-0.1, -0.05) is 36.4 Å². The van der Waals surface area contributed by atoms with Crippen LogP contribution in [0.2, 0.25) is 0 Å². The molecule has 2 unspecified atom stereocenters.